The topological polar surface area (TPSA) is 91.6 Å². The third kappa shape index (κ3) is 2.62. The van der Waals surface area contributed by atoms with Crippen molar-refractivity contribution in [2.45, 2.75) is 47.2 Å². The third-order valence-corrected chi connectivity index (χ3v) is 4.92. The fourth-order valence-electron chi connectivity index (χ4n) is 2.75. The molecule has 0 saturated heterocycles. The summed E-state index contributed by atoms with van der Waals surface area (Å²) in [5.41, 5.74) is 0.265. The zero-order valence-electron chi connectivity index (χ0n) is 13.0. The van der Waals surface area contributed by atoms with E-state index in [4.69, 9.17) is 9.52 Å². The number of aromatic carboxylic acids is 1. The summed E-state index contributed by atoms with van der Waals surface area (Å²) in [5, 5.41) is 14.6. The molecular weight excluding hydrogens is 272 g/mol. The van der Waals surface area contributed by atoms with E-state index in [2.05, 4.69) is 38.3 Å². The van der Waals surface area contributed by atoms with Crippen molar-refractivity contribution < 1.29 is 19.1 Å². The Kier molecular flexibility index (Phi) is 3.51. The molecule has 0 radical (unpaired) electrons. The summed E-state index contributed by atoms with van der Waals surface area (Å²) < 4.78 is 5.31. The number of carboxylic acids is 1. The predicted octanol–water partition coefficient (Wildman–Crippen LogP) is 2.52. The van der Waals surface area contributed by atoms with Crippen LogP contribution in [0, 0.1) is 17.8 Å². The van der Waals surface area contributed by atoms with Crippen LogP contribution in [0.2, 0.25) is 0 Å². The summed E-state index contributed by atoms with van der Waals surface area (Å²) in [6.07, 6.45) is 0. The van der Waals surface area contributed by atoms with E-state index in [0.29, 0.717) is 11.5 Å². The molecule has 0 unspecified atom stereocenters. The van der Waals surface area contributed by atoms with Gasteiger partial charge in [-0.3, -0.25) is 0 Å². The average molecular weight is 294 g/mol. The number of amides is 2. The van der Waals surface area contributed by atoms with E-state index in [1.807, 2.05) is 0 Å². The second kappa shape index (κ2) is 4.79. The molecule has 2 amide bonds. The predicted molar refractivity (Wildman–Crippen MR) is 77.1 cm³/mol. The van der Waals surface area contributed by atoms with Crippen molar-refractivity contribution in [3.8, 4) is 0 Å². The molecule has 0 spiro atoms. The van der Waals surface area contributed by atoms with Crippen LogP contribution >= 0.6 is 0 Å². The summed E-state index contributed by atoms with van der Waals surface area (Å²) in [5.74, 6) is -0.271. The van der Waals surface area contributed by atoms with Gasteiger partial charge in [-0.25, -0.2) is 9.59 Å². The second-order valence-electron chi connectivity index (χ2n) is 6.69. The molecule has 21 heavy (non-hydrogen) atoms. The van der Waals surface area contributed by atoms with Crippen LogP contribution in [0.25, 0.3) is 0 Å². The summed E-state index contributed by atoms with van der Waals surface area (Å²) >= 11 is 0. The van der Waals surface area contributed by atoms with Gasteiger partial charge in [-0.1, -0.05) is 27.7 Å². The van der Waals surface area contributed by atoms with Crippen LogP contribution in [-0.4, -0.2) is 23.1 Å². The highest BCUT2D eigenvalue weighted by molar-refractivity contribution is 5.88. The van der Waals surface area contributed by atoms with Gasteiger partial charge in [0.1, 0.15) is 17.1 Å². The lowest BCUT2D eigenvalue weighted by Gasteiger charge is -2.07. The molecule has 6 heteroatoms. The molecule has 0 atom stereocenters. The van der Waals surface area contributed by atoms with Crippen molar-refractivity contribution in [3.05, 3.63) is 23.2 Å². The average Bonchev–Trinajstić information content (AvgIpc) is 2.67. The van der Waals surface area contributed by atoms with E-state index in [1.54, 1.807) is 6.92 Å². The zero-order valence-corrected chi connectivity index (χ0v) is 13.0. The Morgan fingerprint density at radius 1 is 1.29 bits per heavy atom. The number of furan rings is 1. The van der Waals surface area contributed by atoms with Crippen LogP contribution in [0.3, 0.4) is 0 Å². The largest absolute Gasteiger partial charge is 0.478 e. The van der Waals surface area contributed by atoms with Gasteiger partial charge in [0.2, 0.25) is 0 Å². The molecule has 0 bridgehead atoms. The fourth-order valence-corrected chi connectivity index (χ4v) is 2.75. The molecule has 1 aromatic heterocycles. The minimum atomic E-state index is -1.03. The molecular formula is C15H22N2O4. The minimum Gasteiger partial charge on any atom is -0.478 e. The molecule has 1 heterocycles. The molecule has 0 aromatic carbocycles. The van der Waals surface area contributed by atoms with E-state index >= 15 is 0 Å². The Bertz CT molecular complexity index is 572. The van der Waals surface area contributed by atoms with Gasteiger partial charge in [-0.2, -0.15) is 0 Å². The van der Waals surface area contributed by atoms with Gasteiger partial charge in [0.05, 0.1) is 6.54 Å². The highest BCUT2D eigenvalue weighted by Crippen LogP contribution is 2.62. The molecule has 1 fully saturated rings. The molecule has 1 aliphatic carbocycles. The first kappa shape index (κ1) is 15.4. The molecule has 2 rings (SSSR count). The normalized spacial score (nSPS) is 19.1. The van der Waals surface area contributed by atoms with Gasteiger partial charge in [0.15, 0.2) is 0 Å². The lowest BCUT2D eigenvalue weighted by molar-refractivity contribution is 0.0695. The van der Waals surface area contributed by atoms with E-state index in [0.717, 1.165) is 0 Å². The minimum absolute atomic E-state index is 0.0715. The monoisotopic (exact) mass is 294 g/mol. The Labute approximate surface area is 123 Å². The van der Waals surface area contributed by atoms with Crippen LogP contribution in [0.1, 0.15) is 49.6 Å². The maximum Gasteiger partial charge on any atom is 0.339 e. The number of urea groups is 1. The summed E-state index contributed by atoms with van der Waals surface area (Å²) in [7, 11) is 0. The van der Waals surface area contributed by atoms with Crippen molar-refractivity contribution >= 4 is 12.0 Å². The van der Waals surface area contributed by atoms with E-state index < -0.39 is 5.97 Å². The van der Waals surface area contributed by atoms with E-state index in [9.17, 15) is 9.59 Å². The Morgan fingerprint density at radius 2 is 1.86 bits per heavy atom. The van der Waals surface area contributed by atoms with Crippen LogP contribution in [0.5, 0.6) is 0 Å². The molecule has 116 valence electrons. The summed E-state index contributed by atoms with van der Waals surface area (Å²) in [6, 6.07) is 1.28. The number of carbonyl (C=O) groups excluding carboxylic acids is 1. The van der Waals surface area contributed by atoms with E-state index in [-0.39, 0.29) is 35.0 Å². The first-order valence-corrected chi connectivity index (χ1v) is 6.94. The quantitative estimate of drug-likeness (QED) is 0.795. The second-order valence-corrected chi connectivity index (χ2v) is 6.69. The standard InChI is InChI=1S/C15H22N2O4/c1-8-10(11(18)19)6-9(21-8)7-16-13(20)17-12-14(2,3)15(12,4)5/h6,12H,7H2,1-5H3,(H,18,19)(H2,16,17,20). The number of rotatable bonds is 4. The molecule has 3 N–H and O–H groups in total. The van der Waals surface area contributed by atoms with Crippen LogP contribution in [0.15, 0.2) is 10.5 Å². The van der Waals surface area contributed by atoms with Gasteiger partial charge < -0.3 is 20.2 Å². The molecule has 1 aliphatic rings. The van der Waals surface area contributed by atoms with Crippen molar-refractivity contribution in [3.63, 3.8) is 0 Å². The number of aryl methyl sites for hydroxylation is 1. The van der Waals surface area contributed by atoms with Crippen molar-refractivity contribution in [1.82, 2.24) is 10.6 Å². The van der Waals surface area contributed by atoms with Gasteiger partial charge in [-0.05, 0) is 23.8 Å². The number of hydrogen-bond acceptors (Lipinski definition) is 3. The zero-order chi connectivity index (χ0) is 16.0. The Morgan fingerprint density at radius 3 is 2.29 bits per heavy atom. The highest BCUT2D eigenvalue weighted by Gasteiger charge is 2.65. The maximum absolute atomic E-state index is 11.9. The van der Waals surface area contributed by atoms with Gasteiger partial charge in [0, 0.05) is 6.04 Å². The lowest BCUT2D eigenvalue weighted by Crippen LogP contribution is -2.38. The van der Waals surface area contributed by atoms with E-state index in [1.165, 1.54) is 6.07 Å². The SMILES string of the molecule is Cc1oc(CNC(=O)NC2C(C)(C)C2(C)C)cc1C(=O)O. The van der Waals surface area contributed by atoms with Crippen molar-refractivity contribution in [2.24, 2.45) is 10.8 Å². The number of nitrogens with one attached hydrogen (secondary N) is 2. The van der Waals surface area contributed by atoms with Crippen molar-refractivity contribution in [1.29, 1.82) is 0 Å². The first-order chi connectivity index (χ1) is 9.57. The highest BCUT2D eigenvalue weighted by atomic mass is 16.4. The fraction of sp³-hybridized carbons (Fsp3) is 0.600. The van der Waals surface area contributed by atoms with Crippen molar-refractivity contribution in [2.75, 3.05) is 0 Å². The summed E-state index contributed by atoms with van der Waals surface area (Å²) in [4.78, 5) is 22.8. The maximum atomic E-state index is 11.9. The number of hydrogen-bond donors (Lipinski definition) is 3. The van der Waals surface area contributed by atoms with Crippen LogP contribution in [0.4, 0.5) is 4.79 Å². The number of carboxylic acid groups (broad SMARTS) is 1. The summed E-state index contributed by atoms with van der Waals surface area (Å²) in [6.45, 7) is 10.2. The molecule has 1 aromatic rings. The van der Waals surface area contributed by atoms with Crippen LogP contribution in [-0.2, 0) is 6.54 Å². The molecule has 6 nitrogen and oxygen atoms in total. The third-order valence-electron chi connectivity index (χ3n) is 4.92. The first-order valence-electron chi connectivity index (χ1n) is 6.94. The smallest absolute Gasteiger partial charge is 0.339 e. The molecule has 1 saturated carbocycles. The molecule has 0 aliphatic heterocycles. The van der Waals surface area contributed by atoms with Gasteiger partial charge >= 0.3 is 12.0 Å². The van der Waals surface area contributed by atoms with Gasteiger partial charge in [-0.15, -0.1) is 0 Å². The Balaban J connectivity index is 1.88. The number of carbonyl (C=O) groups is 2. The van der Waals surface area contributed by atoms with Gasteiger partial charge in [0.25, 0.3) is 0 Å². The van der Waals surface area contributed by atoms with Crippen LogP contribution < -0.4 is 10.6 Å². The lowest BCUT2D eigenvalue weighted by atomic mass is 10.0. The Hall–Kier alpha value is -1.98.